The molecule has 0 radical (unpaired) electrons. The minimum absolute atomic E-state index is 0.115. The molecule has 1 aliphatic heterocycles. The molecule has 0 aliphatic carbocycles. The van der Waals surface area contributed by atoms with E-state index in [0.29, 0.717) is 19.0 Å². The van der Waals surface area contributed by atoms with E-state index < -0.39 is 10.0 Å². The average molecular weight is 231 g/mol. The van der Waals surface area contributed by atoms with Crippen LogP contribution >= 0.6 is 0 Å². The number of nitrogens with zero attached hydrogens (tertiary/aromatic N) is 1. The lowest BCUT2D eigenvalue weighted by molar-refractivity contribution is 0.247. The fourth-order valence-corrected chi connectivity index (χ4v) is 2.58. The lowest BCUT2D eigenvalue weighted by atomic mass is 9.80. The van der Waals surface area contributed by atoms with Gasteiger partial charge in [0.1, 0.15) is 0 Å². The van der Waals surface area contributed by atoms with Crippen LogP contribution in [-0.2, 0) is 10.0 Å². The molecule has 15 heavy (non-hydrogen) atoms. The predicted molar refractivity (Wildman–Crippen MR) is 63.1 cm³/mol. The molecule has 0 saturated carbocycles. The summed E-state index contributed by atoms with van der Waals surface area (Å²) < 4.78 is 24.6. The summed E-state index contributed by atoms with van der Waals surface area (Å²) in [6, 6.07) is 0. The number of rotatable bonds is 1. The summed E-state index contributed by atoms with van der Waals surface area (Å²) >= 11 is 0. The zero-order chi connectivity index (χ0) is 11.7. The van der Waals surface area contributed by atoms with Crippen molar-refractivity contribution < 1.29 is 8.42 Å². The van der Waals surface area contributed by atoms with Crippen LogP contribution in [-0.4, -0.2) is 32.1 Å². The summed E-state index contributed by atoms with van der Waals surface area (Å²) in [5, 5.41) is 0. The molecule has 1 atom stereocenters. The number of hydrogen-bond donors (Lipinski definition) is 0. The van der Waals surface area contributed by atoms with Crippen molar-refractivity contribution in [3.8, 4) is 0 Å². The first-order valence-electron chi connectivity index (χ1n) is 5.33. The first kappa shape index (κ1) is 12.7. The summed E-state index contributed by atoms with van der Waals surface area (Å²) in [6.07, 6.45) is 6.37. The molecule has 1 unspecified atom stereocenters. The third-order valence-electron chi connectivity index (χ3n) is 2.90. The van der Waals surface area contributed by atoms with Gasteiger partial charge in [-0.15, -0.1) is 0 Å². The Morgan fingerprint density at radius 1 is 1.33 bits per heavy atom. The van der Waals surface area contributed by atoms with E-state index in [9.17, 15) is 8.42 Å². The molecule has 1 rings (SSSR count). The second-order valence-electron chi connectivity index (χ2n) is 5.31. The molecule has 0 N–H and O–H groups in total. The van der Waals surface area contributed by atoms with Gasteiger partial charge in [0.25, 0.3) is 0 Å². The Hall–Kier alpha value is -0.350. The molecule has 0 aromatic rings. The topological polar surface area (TPSA) is 37.4 Å². The fraction of sp³-hybridized carbons (Fsp3) is 0.818. The molecule has 1 heterocycles. The van der Waals surface area contributed by atoms with Crippen LogP contribution < -0.4 is 0 Å². The molecular formula is C11H21NO2S. The van der Waals surface area contributed by atoms with E-state index in [0.717, 1.165) is 6.42 Å². The molecule has 0 aromatic carbocycles. The van der Waals surface area contributed by atoms with E-state index in [4.69, 9.17) is 0 Å². The highest BCUT2D eigenvalue weighted by atomic mass is 32.2. The van der Waals surface area contributed by atoms with Gasteiger partial charge in [-0.05, 0) is 17.8 Å². The van der Waals surface area contributed by atoms with Gasteiger partial charge in [0.2, 0.25) is 10.0 Å². The van der Waals surface area contributed by atoms with Crippen LogP contribution in [0.5, 0.6) is 0 Å². The summed E-state index contributed by atoms with van der Waals surface area (Å²) in [5.41, 5.74) is 0.115. The molecule has 0 amide bonds. The van der Waals surface area contributed by atoms with Gasteiger partial charge in [-0.3, -0.25) is 0 Å². The Morgan fingerprint density at radius 3 is 2.40 bits per heavy atom. The molecular weight excluding hydrogens is 210 g/mol. The molecule has 0 spiro atoms. The van der Waals surface area contributed by atoms with Crippen LogP contribution in [0.2, 0.25) is 0 Å². The quantitative estimate of drug-likeness (QED) is 0.646. The first-order chi connectivity index (χ1) is 6.71. The Balaban J connectivity index is 2.85. The smallest absolute Gasteiger partial charge is 0.211 e. The molecule has 0 saturated heterocycles. The highest BCUT2D eigenvalue weighted by Crippen LogP contribution is 2.30. The Labute approximate surface area is 93.2 Å². The Bertz CT molecular complexity index is 338. The maximum absolute atomic E-state index is 11.5. The maximum atomic E-state index is 11.5. The van der Waals surface area contributed by atoms with Crippen LogP contribution in [0.25, 0.3) is 0 Å². The van der Waals surface area contributed by atoms with Crippen molar-refractivity contribution >= 4 is 10.0 Å². The first-order valence-corrected chi connectivity index (χ1v) is 7.18. The monoisotopic (exact) mass is 231 g/mol. The lowest BCUT2D eigenvalue weighted by Crippen LogP contribution is -2.37. The third kappa shape index (κ3) is 3.61. The van der Waals surface area contributed by atoms with E-state index >= 15 is 0 Å². The largest absolute Gasteiger partial charge is 0.213 e. The summed E-state index contributed by atoms with van der Waals surface area (Å²) in [7, 11) is -3.05. The minimum Gasteiger partial charge on any atom is -0.213 e. The number of hydrogen-bond acceptors (Lipinski definition) is 2. The van der Waals surface area contributed by atoms with Gasteiger partial charge >= 0.3 is 0 Å². The van der Waals surface area contributed by atoms with E-state index in [1.165, 1.54) is 6.26 Å². The van der Waals surface area contributed by atoms with Crippen molar-refractivity contribution in [2.24, 2.45) is 11.3 Å². The standard InChI is InChI=1S/C11H21NO2S/c1-11(2,3)10-7-5-6-8-12(9-10)15(4,13)14/h5,7,10H,6,8-9H2,1-4H3. The van der Waals surface area contributed by atoms with Crippen molar-refractivity contribution in [1.29, 1.82) is 0 Å². The second-order valence-corrected chi connectivity index (χ2v) is 7.29. The lowest BCUT2D eigenvalue weighted by Gasteiger charge is -2.31. The van der Waals surface area contributed by atoms with Crippen LogP contribution in [0.4, 0.5) is 0 Å². The van der Waals surface area contributed by atoms with Gasteiger partial charge in [0.15, 0.2) is 0 Å². The minimum atomic E-state index is -3.05. The van der Waals surface area contributed by atoms with Crippen molar-refractivity contribution in [1.82, 2.24) is 4.31 Å². The second kappa shape index (κ2) is 4.26. The van der Waals surface area contributed by atoms with Crippen LogP contribution in [0.1, 0.15) is 27.2 Å². The summed E-state index contributed by atoms with van der Waals surface area (Å²) in [4.78, 5) is 0. The van der Waals surface area contributed by atoms with E-state index in [-0.39, 0.29) is 5.41 Å². The van der Waals surface area contributed by atoms with E-state index in [1.54, 1.807) is 4.31 Å². The molecule has 88 valence electrons. The Kier molecular flexibility index (Phi) is 3.61. The van der Waals surface area contributed by atoms with Crippen LogP contribution in [0, 0.1) is 11.3 Å². The maximum Gasteiger partial charge on any atom is 0.211 e. The van der Waals surface area contributed by atoms with Crippen molar-refractivity contribution in [3.05, 3.63) is 12.2 Å². The molecule has 0 bridgehead atoms. The van der Waals surface area contributed by atoms with Gasteiger partial charge < -0.3 is 0 Å². The van der Waals surface area contributed by atoms with Gasteiger partial charge in [-0.25, -0.2) is 12.7 Å². The van der Waals surface area contributed by atoms with Crippen molar-refractivity contribution in [3.63, 3.8) is 0 Å². The Morgan fingerprint density at radius 2 is 1.93 bits per heavy atom. The zero-order valence-electron chi connectivity index (χ0n) is 10.0. The van der Waals surface area contributed by atoms with Gasteiger partial charge in [0, 0.05) is 13.1 Å². The molecule has 1 aliphatic rings. The van der Waals surface area contributed by atoms with E-state index in [1.807, 2.05) is 0 Å². The van der Waals surface area contributed by atoms with Crippen molar-refractivity contribution in [2.45, 2.75) is 27.2 Å². The predicted octanol–water partition coefficient (Wildman–Crippen LogP) is 1.87. The number of sulfonamides is 1. The molecule has 3 nitrogen and oxygen atoms in total. The third-order valence-corrected chi connectivity index (χ3v) is 4.16. The van der Waals surface area contributed by atoms with Crippen molar-refractivity contribution in [2.75, 3.05) is 19.3 Å². The van der Waals surface area contributed by atoms with E-state index in [2.05, 4.69) is 32.9 Å². The summed E-state index contributed by atoms with van der Waals surface area (Å²) in [5.74, 6) is 0.301. The van der Waals surface area contributed by atoms with Crippen LogP contribution in [0.3, 0.4) is 0 Å². The molecule has 0 aromatic heterocycles. The molecule has 4 heteroatoms. The SMILES string of the molecule is CC(C)(C)C1C=CCCN(S(C)(=O)=O)C1. The fourth-order valence-electron chi connectivity index (χ4n) is 1.71. The zero-order valence-corrected chi connectivity index (χ0v) is 10.8. The van der Waals surface area contributed by atoms with Crippen LogP contribution in [0.15, 0.2) is 12.2 Å². The van der Waals surface area contributed by atoms with Gasteiger partial charge in [-0.2, -0.15) is 0 Å². The summed E-state index contributed by atoms with van der Waals surface area (Å²) in [6.45, 7) is 7.66. The normalized spacial score (nSPS) is 25.2. The highest BCUT2D eigenvalue weighted by molar-refractivity contribution is 7.88. The van der Waals surface area contributed by atoms with Gasteiger partial charge in [-0.1, -0.05) is 32.9 Å². The molecule has 0 fully saturated rings. The average Bonchev–Trinajstić information content (AvgIpc) is 2.24. The highest BCUT2D eigenvalue weighted by Gasteiger charge is 2.28. The van der Waals surface area contributed by atoms with Gasteiger partial charge in [0.05, 0.1) is 6.26 Å².